The molecule has 129 heavy (non-hydrogen) atoms. The Morgan fingerprint density at radius 2 is 0.767 bits per heavy atom. The third-order valence-corrected chi connectivity index (χ3v) is 26.6. The number of hydrogen-bond acceptors (Lipinski definition) is 37. The zero-order chi connectivity index (χ0) is 90.7. The molecule has 672 valence electrons. The number of nitrogens with zero attached hydrogens (tertiary/aromatic N) is 28. The van der Waals surface area contributed by atoms with Gasteiger partial charge in [0.05, 0.1) is 87.6 Å². The van der Waals surface area contributed by atoms with Crippen LogP contribution in [0.15, 0.2) is 86.0 Å². The number of pyridine rings is 2. The summed E-state index contributed by atoms with van der Waals surface area (Å²) in [4.78, 5) is 153. The van der Waals surface area contributed by atoms with E-state index in [1.54, 1.807) is 62.4 Å². The summed E-state index contributed by atoms with van der Waals surface area (Å²) in [6, 6.07) is 11.8. The maximum Gasteiger partial charge on any atom is 0.280 e. The van der Waals surface area contributed by atoms with Crippen LogP contribution in [0.1, 0.15) is 129 Å². The highest BCUT2D eigenvalue weighted by Crippen LogP contribution is 2.48. The second kappa shape index (κ2) is 38.3. The molecule has 0 spiro atoms. The number of aryl methyl sites for hydroxylation is 6. The van der Waals surface area contributed by atoms with Gasteiger partial charge in [-0.05, 0) is 139 Å². The van der Waals surface area contributed by atoms with Crippen LogP contribution in [0.2, 0.25) is 0 Å². The van der Waals surface area contributed by atoms with Gasteiger partial charge < -0.3 is 90.1 Å². The minimum atomic E-state index is -0.138. The molecular weight excluding hydrogens is 1720 g/mol. The first-order valence-electron chi connectivity index (χ1n) is 43.0. The summed E-state index contributed by atoms with van der Waals surface area (Å²) in [6.45, 7) is 36.1. The number of amides is 5. The second-order valence-corrected chi connectivity index (χ2v) is 35.6. The summed E-state index contributed by atoms with van der Waals surface area (Å²) in [5.74, 6) is 5.75. The molecule has 0 aliphatic carbocycles. The molecule has 0 atom stereocenters. The van der Waals surface area contributed by atoms with E-state index < -0.39 is 0 Å². The van der Waals surface area contributed by atoms with E-state index in [4.69, 9.17) is 24.7 Å². The molecule has 5 amide bonds. The first-order valence-corrected chi connectivity index (χ1v) is 46.3. The predicted molar refractivity (Wildman–Crippen MR) is 510 cm³/mol. The third-order valence-electron chi connectivity index (χ3n) is 22.6. The fourth-order valence-corrected chi connectivity index (χ4v) is 19.9. The molecule has 18 heterocycles. The number of piperazine rings is 2. The van der Waals surface area contributed by atoms with Crippen LogP contribution in [0.4, 0.5) is 130 Å². The largest absolute Gasteiger partial charge is 0.493 e. The van der Waals surface area contributed by atoms with E-state index in [1.807, 2.05) is 159 Å². The van der Waals surface area contributed by atoms with Gasteiger partial charge in [-0.15, -0.1) is 45.3 Å². The summed E-state index contributed by atoms with van der Waals surface area (Å²) in [5, 5.41) is 26.6. The van der Waals surface area contributed by atoms with Crippen molar-refractivity contribution in [2.24, 2.45) is 7.05 Å². The van der Waals surface area contributed by atoms with Crippen molar-refractivity contribution in [3.8, 4) is 5.75 Å². The molecule has 5 N–H and O–H groups in total. The number of carbonyl (C=O) groups excluding carboxylic acids is 5. The maximum absolute atomic E-state index is 13.3. The van der Waals surface area contributed by atoms with Crippen LogP contribution >= 0.6 is 45.3 Å². The SMILES string of the molecule is CCN1C(=O)c2nc(C)sc2N(CC)c2nc(Nc3ccc(N4CCN(C)CC4)cn3)ncc21.CCN1C(=O)c2nc(C)sc2N(CC)c2nc(Nc3ccc4c(c3)CCC(=O)N4)ncc21.CCN1C(=O)c2nc(C)sc2N(CC)c2nc(Nc3cnn(C)c3)ncc21.CCN1C(=O)c2nc(C)sc2N(CC)c2nc(Nc3ncc(N4CCN(C)CC4)cc3OC)ncc21. The highest BCUT2D eigenvalue weighted by molar-refractivity contribution is 7.17. The molecule has 39 nitrogen and oxygen atoms in total. The van der Waals surface area contributed by atoms with Crippen molar-refractivity contribution >= 4 is 205 Å². The van der Waals surface area contributed by atoms with Crippen LogP contribution in [0, 0.1) is 27.7 Å². The van der Waals surface area contributed by atoms with Gasteiger partial charge in [-0.3, -0.25) is 28.7 Å². The van der Waals surface area contributed by atoms with Gasteiger partial charge in [0.2, 0.25) is 29.7 Å². The van der Waals surface area contributed by atoms with Crippen molar-refractivity contribution in [3.63, 3.8) is 0 Å². The van der Waals surface area contributed by atoms with Gasteiger partial charge >= 0.3 is 0 Å². The Balaban J connectivity index is 0.000000127. The first kappa shape index (κ1) is 89.0. The number of methoxy groups -OCH3 is 1. The summed E-state index contributed by atoms with van der Waals surface area (Å²) in [5.41, 5.74) is 10.2. The Morgan fingerprint density at radius 1 is 0.388 bits per heavy atom. The number of anilines is 23. The fourth-order valence-electron chi connectivity index (χ4n) is 16.0. The van der Waals surface area contributed by atoms with E-state index in [2.05, 4.69) is 121 Å². The fraction of sp³-hybridized carbons (Fsp3) is 0.395. The zero-order valence-electron chi connectivity index (χ0n) is 74.9. The number of thiazole rings is 4. The molecular formula is C86H103N33O6S4. The standard InChI is InChI=1S/C24H31N9O2S.C23H29N9OS.C22H23N7O2S.C17H20N8OS/c1-6-32-17-14-26-24(29-21(17)33(7-2)23-19(22(32)34)27-15(3)36-23)28-20-18(35-5)12-16(13-25-20)31-10-8-30(4)9-11-31;1-5-31-17-14-25-23(27-18-8-7-16(13-24-18)30-11-9-29(4)10-12-30)28-20(17)32(6-2)22-19(21(31)33)26-15(3)34-22;1-4-28-16-11-23-22(25-14-7-8-15-13(10-14)6-9-17(30)26-15)27-19(16)29(5-2)21-18(20(28)31)24-12(3)32-21;1-5-24-12-8-18-17(21-11-7-19-23(4)9-11)22-14(12)25(6-2)16-13(15(24)26)20-10(3)27-16/h12-14H,6-11H2,1-5H3,(H,25,26,28,29);7-8,13-14H,5-6,9-12H2,1-4H3,(H,24,25,27,28);7-8,10-11H,4-6,9H2,1-3H3,(H,26,30)(H,23,25,27);7-9H,5-6H2,1-4H3,(H,18,21,22). The zero-order valence-corrected chi connectivity index (χ0v) is 78.2. The van der Waals surface area contributed by atoms with Gasteiger partial charge in [0.25, 0.3) is 23.6 Å². The van der Waals surface area contributed by atoms with Gasteiger partial charge in [0.15, 0.2) is 57.6 Å². The molecule has 2 fully saturated rings. The van der Waals surface area contributed by atoms with Gasteiger partial charge in [-0.1, -0.05) is 0 Å². The quantitative estimate of drug-likeness (QED) is 0.0502. The second-order valence-electron chi connectivity index (χ2n) is 30.9. The molecule has 12 aromatic rings. The average Bonchev–Trinajstić information content (AvgIpc) is 1.63. The number of rotatable bonds is 19. The van der Waals surface area contributed by atoms with E-state index in [9.17, 15) is 24.0 Å². The van der Waals surface area contributed by atoms with E-state index >= 15 is 0 Å². The molecule has 19 rings (SSSR count). The molecule has 0 radical (unpaired) electrons. The van der Waals surface area contributed by atoms with Gasteiger partial charge in [0.1, 0.15) is 48.6 Å². The Kier molecular flexibility index (Phi) is 26.4. The summed E-state index contributed by atoms with van der Waals surface area (Å²) < 4.78 is 7.36. The maximum atomic E-state index is 13.3. The monoisotopic (exact) mass is 1820 g/mol. The van der Waals surface area contributed by atoms with Crippen molar-refractivity contribution in [3.05, 3.63) is 134 Å². The van der Waals surface area contributed by atoms with Gasteiger partial charge in [0, 0.05) is 142 Å². The van der Waals surface area contributed by atoms with E-state index in [1.165, 1.54) is 45.3 Å². The van der Waals surface area contributed by atoms with E-state index in [0.29, 0.717) is 175 Å². The topological polar surface area (TPSA) is 392 Å². The number of carbonyl (C=O) groups is 5. The minimum Gasteiger partial charge on any atom is -0.493 e. The Bertz CT molecular complexity index is 6180. The predicted octanol–water partition coefficient (Wildman–Crippen LogP) is 13.4. The lowest BCUT2D eigenvalue weighted by molar-refractivity contribution is -0.116. The summed E-state index contributed by atoms with van der Waals surface area (Å²) in [6.07, 6.45) is 15.2. The van der Waals surface area contributed by atoms with Gasteiger partial charge in [-0.2, -0.15) is 25.0 Å². The number of nitrogens with one attached hydrogen (secondary N) is 5. The molecule has 7 aliphatic rings. The van der Waals surface area contributed by atoms with Crippen LogP contribution < -0.4 is 80.3 Å². The lowest BCUT2D eigenvalue weighted by Crippen LogP contribution is -2.44. The van der Waals surface area contributed by atoms with Crippen LogP contribution in [-0.4, -0.2) is 245 Å². The number of ether oxygens (including phenoxy) is 1. The summed E-state index contributed by atoms with van der Waals surface area (Å²) >= 11 is 6.00. The highest BCUT2D eigenvalue weighted by Gasteiger charge is 2.40. The van der Waals surface area contributed by atoms with Crippen molar-refractivity contribution in [2.45, 2.75) is 95.9 Å². The Hall–Kier alpha value is -13.4. The van der Waals surface area contributed by atoms with E-state index in [0.717, 1.165) is 126 Å². The van der Waals surface area contributed by atoms with Crippen molar-refractivity contribution in [2.75, 3.05) is 202 Å². The molecule has 43 heteroatoms. The number of aromatic nitrogens is 16. The number of benzene rings is 1. The first-order chi connectivity index (χ1) is 62.4. The molecule has 11 aromatic heterocycles. The smallest absolute Gasteiger partial charge is 0.280 e. The highest BCUT2D eigenvalue weighted by atomic mass is 32.1. The Labute approximate surface area is 762 Å². The normalized spacial score (nSPS) is 15.3. The van der Waals surface area contributed by atoms with Crippen LogP contribution in [-0.2, 0) is 18.3 Å². The molecule has 0 bridgehead atoms. The van der Waals surface area contributed by atoms with Crippen molar-refractivity contribution in [1.29, 1.82) is 0 Å². The lowest BCUT2D eigenvalue weighted by atomic mass is 10.0. The minimum absolute atomic E-state index is 0.0413. The van der Waals surface area contributed by atoms with Crippen molar-refractivity contribution < 1.29 is 28.7 Å². The molecule has 0 unspecified atom stereocenters. The molecule has 2 saturated heterocycles. The lowest BCUT2D eigenvalue weighted by Gasteiger charge is -2.34. The van der Waals surface area contributed by atoms with Crippen LogP contribution in [0.25, 0.3) is 0 Å². The summed E-state index contributed by atoms with van der Waals surface area (Å²) in [7, 11) is 7.76. The number of likely N-dealkylation sites (N-methyl/N-ethyl adjacent to an activating group) is 2. The molecule has 0 saturated carbocycles. The number of fused-ring (bicyclic) bond motifs is 9. The van der Waals surface area contributed by atoms with Crippen molar-refractivity contribution in [1.82, 2.24) is 89.4 Å². The molecule has 7 aliphatic heterocycles. The number of hydrogen-bond donors (Lipinski definition) is 5. The third kappa shape index (κ3) is 18.2. The van der Waals surface area contributed by atoms with Crippen LogP contribution in [0.3, 0.4) is 0 Å². The van der Waals surface area contributed by atoms with Crippen LogP contribution in [0.5, 0.6) is 5.75 Å². The van der Waals surface area contributed by atoms with Gasteiger partial charge in [-0.25, -0.2) is 49.8 Å². The Morgan fingerprint density at radius 3 is 1.14 bits per heavy atom. The molecule has 1 aromatic carbocycles. The van der Waals surface area contributed by atoms with E-state index in [-0.39, 0.29) is 29.5 Å². The average molecular weight is 1820 g/mol.